The number of hydrogen-bond acceptors (Lipinski definition) is 3. The number of imidazole rings is 1. The number of benzene rings is 1. The van der Waals surface area contributed by atoms with Crippen molar-refractivity contribution in [1.29, 1.82) is 0 Å². The summed E-state index contributed by atoms with van der Waals surface area (Å²) in [6.07, 6.45) is 3.68. The highest BCUT2D eigenvalue weighted by Gasteiger charge is 2.19. The van der Waals surface area contributed by atoms with Crippen LogP contribution in [-0.2, 0) is 24.4 Å². The van der Waals surface area contributed by atoms with E-state index in [4.69, 9.17) is 4.74 Å². The molecule has 0 unspecified atom stereocenters. The Labute approximate surface area is 123 Å². The number of nitrogens with one attached hydrogen (secondary N) is 2. The maximum absolute atomic E-state index is 11.8. The highest BCUT2D eigenvalue weighted by molar-refractivity contribution is 5.73. The predicted octanol–water partition coefficient (Wildman–Crippen LogP) is 1.28. The number of nitrogens with zero attached hydrogens (tertiary/aromatic N) is 2. The van der Waals surface area contributed by atoms with Crippen LogP contribution >= 0.6 is 0 Å². The molecule has 0 bridgehead atoms. The third kappa shape index (κ3) is 3.61. The number of fused-ring (bicyclic) bond motifs is 1. The lowest BCUT2D eigenvalue weighted by atomic mass is 10.2. The van der Waals surface area contributed by atoms with Crippen LogP contribution in [0.1, 0.15) is 11.4 Å². The zero-order chi connectivity index (χ0) is 14.5. The molecule has 2 aromatic rings. The van der Waals surface area contributed by atoms with Gasteiger partial charge in [0.25, 0.3) is 0 Å². The van der Waals surface area contributed by atoms with E-state index in [9.17, 15) is 4.79 Å². The summed E-state index contributed by atoms with van der Waals surface area (Å²) in [6.45, 7) is 2.21. The van der Waals surface area contributed by atoms with Crippen LogP contribution in [0.3, 0.4) is 0 Å². The quantitative estimate of drug-likeness (QED) is 0.889. The second kappa shape index (κ2) is 6.41. The van der Waals surface area contributed by atoms with E-state index in [1.807, 2.05) is 36.5 Å². The lowest BCUT2D eigenvalue weighted by Crippen LogP contribution is -2.42. The first kappa shape index (κ1) is 13.6. The van der Waals surface area contributed by atoms with Gasteiger partial charge >= 0.3 is 6.03 Å². The number of ether oxygens (including phenoxy) is 1. The van der Waals surface area contributed by atoms with Gasteiger partial charge in [-0.2, -0.15) is 0 Å². The van der Waals surface area contributed by atoms with Gasteiger partial charge in [0.2, 0.25) is 0 Å². The highest BCUT2D eigenvalue weighted by atomic mass is 16.5. The SMILES string of the molecule is O=C(NCc1ccccc1)NC[C@H]1Cn2ccnc2CO1. The lowest BCUT2D eigenvalue weighted by Gasteiger charge is -2.24. The molecule has 0 saturated heterocycles. The summed E-state index contributed by atoms with van der Waals surface area (Å²) in [5.41, 5.74) is 1.07. The van der Waals surface area contributed by atoms with Crippen molar-refractivity contribution in [1.82, 2.24) is 20.2 Å². The summed E-state index contributed by atoms with van der Waals surface area (Å²) >= 11 is 0. The van der Waals surface area contributed by atoms with Gasteiger partial charge in [0, 0.05) is 25.5 Å². The fraction of sp³-hybridized carbons (Fsp3) is 0.333. The van der Waals surface area contributed by atoms with Gasteiger partial charge in [0.05, 0.1) is 12.6 Å². The largest absolute Gasteiger partial charge is 0.367 e. The molecule has 0 radical (unpaired) electrons. The molecule has 0 saturated carbocycles. The van der Waals surface area contributed by atoms with Crippen LogP contribution in [0.15, 0.2) is 42.7 Å². The Morgan fingerprint density at radius 2 is 2.19 bits per heavy atom. The minimum Gasteiger partial charge on any atom is -0.367 e. The van der Waals surface area contributed by atoms with Gasteiger partial charge in [-0.3, -0.25) is 0 Å². The van der Waals surface area contributed by atoms with Gasteiger partial charge in [0.15, 0.2) is 0 Å². The zero-order valence-corrected chi connectivity index (χ0v) is 11.7. The molecule has 1 aliphatic rings. The fourth-order valence-electron chi connectivity index (χ4n) is 2.28. The lowest BCUT2D eigenvalue weighted by molar-refractivity contribution is 0.00444. The third-order valence-corrected chi connectivity index (χ3v) is 3.44. The van der Waals surface area contributed by atoms with Crippen LogP contribution in [0.5, 0.6) is 0 Å². The minimum absolute atomic E-state index is 0.0193. The third-order valence-electron chi connectivity index (χ3n) is 3.44. The average Bonchev–Trinajstić information content (AvgIpc) is 2.99. The number of aromatic nitrogens is 2. The first-order valence-corrected chi connectivity index (χ1v) is 6.98. The van der Waals surface area contributed by atoms with E-state index in [0.717, 1.165) is 11.4 Å². The van der Waals surface area contributed by atoms with Crippen molar-refractivity contribution >= 4 is 6.03 Å². The summed E-state index contributed by atoms with van der Waals surface area (Å²) < 4.78 is 7.70. The normalized spacial score (nSPS) is 17.0. The molecule has 2 N–H and O–H groups in total. The second-order valence-corrected chi connectivity index (χ2v) is 4.98. The van der Waals surface area contributed by atoms with E-state index in [1.54, 1.807) is 6.20 Å². The van der Waals surface area contributed by atoms with Gasteiger partial charge in [-0.15, -0.1) is 0 Å². The second-order valence-electron chi connectivity index (χ2n) is 4.98. The van der Waals surface area contributed by atoms with Crippen LogP contribution in [0.2, 0.25) is 0 Å². The first-order valence-electron chi connectivity index (χ1n) is 6.98. The molecular formula is C15H18N4O2. The van der Waals surface area contributed by atoms with Crippen molar-refractivity contribution in [2.45, 2.75) is 25.8 Å². The van der Waals surface area contributed by atoms with Crippen LogP contribution in [0.25, 0.3) is 0 Å². The molecule has 1 aromatic heterocycles. The number of carbonyl (C=O) groups excluding carboxylic acids is 1. The van der Waals surface area contributed by atoms with E-state index in [0.29, 0.717) is 26.2 Å². The molecule has 3 rings (SSSR count). The Hall–Kier alpha value is -2.34. The summed E-state index contributed by atoms with van der Waals surface area (Å²) in [7, 11) is 0. The molecule has 1 aliphatic heterocycles. The summed E-state index contributed by atoms with van der Waals surface area (Å²) in [4.78, 5) is 15.9. The minimum atomic E-state index is -0.182. The summed E-state index contributed by atoms with van der Waals surface area (Å²) in [6, 6.07) is 9.63. The number of carbonyl (C=O) groups is 1. The molecule has 1 aromatic carbocycles. The monoisotopic (exact) mass is 286 g/mol. The van der Waals surface area contributed by atoms with Crippen LogP contribution < -0.4 is 10.6 Å². The number of rotatable bonds is 4. The highest BCUT2D eigenvalue weighted by Crippen LogP contribution is 2.11. The standard InChI is InChI=1S/C15H18N4O2/c20-15(17-8-12-4-2-1-3-5-12)18-9-13-10-19-7-6-16-14(19)11-21-13/h1-7,13H,8-11H2,(H2,17,18,20)/t13-/m0/s1. The molecule has 2 heterocycles. The Morgan fingerprint density at radius 1 is 1.33 bits per heavy atom. The van der Waals surface area contributed by atoms with E-state index in [-0.39, 0.29) is 12.1 Å². The molecular weight excluding hydrogens is 268 g/mol. The maximum atomic E-state index is 11.8. The van der Waals surface area contributed by atoms with E-state index in [1.165, 1.54) is 0 Å². The van der Waals surface area contributed by atoms with Crippen molar-refractivity contribution in [3.63, 3.8) is 0 Å². The number of hydrogen-bond donors (Lipinski definition) is 2. The summed E-state index contributed by atoms with van der Waals surface area (Å²) in [5.74, 6) is 0.930. The Bertz CT molecular complexity index is 597. The Kier molecular flexibility index (Phi) is 4.16. The van der Waals surface area contributed by atoms with Crippen molar-refractivity contribution in [3.05, 3.63) is 54.1 Å². The smallest absolute Gasteiger partial charge is 0.315 e. The molecule has 2 amide bonds. The Morgan fingerprint density at radius 3 is 3.05 bits per heavy atom. The van der Waals surface area contributed by atoms with Gasteiger partial charge in [-0.25, -0.2) is 9.78 Å². The molecule has 0 spiro atoms. The first-order chi connectivity index (χ1) is 10.3. The maximum Gasteiger partial charge on any atom is 0.315 e. The number of urea groups is 1. The molecule has 21 heavy (non-hydrogen) atoms. The van der Waals surface area contributed by atoms with Gasteiger partial charge in [-0.05, 0) is 5.56 Å². The van der Waals surface area contributed by atoms with Crippen LogP contribution in [-0.4, -0.2) is 28.2 Å². The summed E-state index contributed by atoms with van der Waals surface area (Å²) in [5, 5.41) is 5.66. The molecule has 6 heteroatoms. The van der Waals surface area contributed by atoms with Crippen molar-refractivity contribution in [3.8, 4) is 0 Å². The average molecular weight is 286 g/mol. The molecule has 0 aliphatic carbocycles. The molecule has 6 nitrogen and oxygen atoms in total. The van der Waals surface area contributed by atoms with E-state index >= 15 is 0 Å². The van der Waals surface area contributed by atoms with Gasteiger partial charge in [0.1, 0.15) is 12.4 Å². The Balaban J connectivity index is 1.40. The molecule has 1 atom stereocenters. The predicted molar refractivity (Wildman–Crippen MR) is 77.5 cm³/mol. The van der Waals surface area contributed by atoms with E-state index in [2.05, 4.69) is 20.2 Å². The molecule has 0 fully saturated rings. The van der Waals surface area contributed by atoms with Crippen LogP contribution in [0, 0.1) is 0 Å². The number of amides is 2. The van der Waals surface area contributed by atoms with Crippen molar-refractivity contribution < 1.29 is 9.53 Å². The molecule has 110 valence electrons. The van der Waals surface area contributed by atoms with Gasteiger partial charge < -0.3 is 19.9 Å². The zero-order valence-electron chi connectivity index (χ0n) is 11.7. The fourth-order valence-corrected chi connectivity index (χ4v) is 2.28. The van der Waals surface area contributed by atoms with Gasteiger partial charge in [-0.1, -0.05) is 30.3 Å². The van der Waals surface area contributed by atoms with Crippen LogP contribution in [0.4, 0.5) is 4.79 Å². The van der Waals surface area contributed by atoms with E-state index < -0.39 is 0 Å². The van der Waals surface area contributed by atoms with Crippen molar-refractivity contribution in [2.75, 3.05) is 6.54 Å². The topological polar surface area (TPSA) is 68.2 Å². The van der Waals surface area contributed by atoms with Crippen molar-refractivity contribution in [2.24, 2.45) is 0 Å².